The van der Waals surface area contributed by atoms with Crippen LogP contribution < -0.4 is 15.7 Å². The molecule has 2 aliphatic rings. The van der Waals surface area contributed by atoms with E-state index in [1.807, 2.05) is 28.6 Å². The average Bonchev–Trinajstić information content (AvgIpc) is 3.03. The molecule has 4 rings (SSSR count). The average molecular weight is 492 g/mol. The van der Waals surface area contributed by atoms with E-state index in [1.165, 1.54) is 37.7 Å². The Morgan fingerprint density at radius 2 is 1.75 bits per heavy atom. The first-order valence-corrected chi connectivity index (χ1v) is 13.6. The van der Waals surface area contributed by atoms with Crippen LogP contribution in [0.25, 0.3) is 0 Å². The number of carbonyl (C=O) groups excluding carboxylic acids is 2. The summed E-state index contributed by atoms with van der Waals surface area (Å²) >= 11 is 0. The Hall–Kier alpha value is -2.70. The molecule has 1 aliphatic heterocycles. The van der Waals surface area contributed by atoms with Crippen molar-refractivity contribution in [1.29, 1.82) is 0 Å². The van der Waals surface area contributed by atoms with Crippen molar-refractivity contribution < 1.29 is 14.8 Å². The predicted octanol–water partition coefficient (Wildman–Crippen LogP) is 5.48. The largest absolute Gasteiger partial charge is 0.306 e. The van der Waals surface area contributed by atoms with Crippen molar-refractivity contribution in [3.63, 3.8) is 0 Å². The maximum absolute atomic E-state index is 13.9. The van der Waals surface area contributed by atoms with Crippen LogP contribution in [0.1, 0.15) is 87.8 Å². The van der Waals surface area contributed by atoms with Crippen molar-refractivity contribution in [2.75, 3.05) is 4.90 Å². The molecule has 0 saturated heterocycles. The molecule has 2 aromatic carbocycles. The van der Waals surface area contributed by atoms with Crippen molar-refractivity contribution in [3.8, 4) is 0 Å². The molecular weight excluding hydrogens is 450 g/mol. The topological polar surface area (TPSA) is 81.7 Å². The molecule has 6 heteroatoms. The minimum absolute atomic E-state index is 0.0266. The molecule has 6 nitrogen and oxygen atoms in total. The zero-order chi connectivity index (χ0) is 25.5. The lowest BCUT2D eigenvalue weighted by molar-refractivity contribution is -0.132. The van der Waals surface area contributed by atoms with Crippen LogP contribution in [0.4, 0.5) is 5.69 Å². The summed E-state index contributed by atoms with van der Waals surface area (Å²) in [5, 5.41) is 12.8. The Balaban J connectivity index is 1.52. The molecule has 0 spiro atoms. The number of hydroxylamine groups is 1. The fourth-order valence-electron chi connectivity index (χ4n) is 5.71. The Kier molecular flexibility index (Phi) is 9.16. The molecule has 0 bridgehead atoms. The minimum Gasteiger partial charge on any atom is -0.306 e. The third kappa shape index (κ3) is 6.54. The first-order valence-electron chi connectivity index (χ1n) is 13.6. The second-order valence-electron chi connectivity index (χ2n) is 10.8. The first-order chi connectivity index (χ1) is 17.5. The molecule has 3 N–H and O–H groups in total. The third-order valence-corrected chi connectivity index (χ3v) is 7.95. The third-order valence-electron chi connectivity index (χ3n) is 7.95. The van der Waals surface area contributed by atoms with Crippen LogP contribution in [0, 0.1) is 5.92 Å². The summed E-state index contributed by atoms with van der Waals surface area (Å²) in [5.41, 5.74) is 6.25. The second kappa shape index (κ2) is 12.5. The molecule has 1 fully saturated rings. The lowest BCUT2D eigenvalue weighted by Gasteiger charge is -2.29. The second-order valence-corrected chi connectivity index (χ2v) is 10.8. The van der Waals surface area contributed by atoms with E-state index in [0.717, 1.165) is 29.7 Å². The minimum atomic E-state index is -0.598. The van der Waals surface area contributed by atoms with E-state index in [4.69, 9.17) is 0 Å². The van der Waals surface area contributed by atoms with E-state index in [9.17, 15) is 14.8 Å². The number of benzene rings is 2. The van der Waals surface area contributed by atoms with Crippen LogP contribution >= 0.6 is 0 Å². The fourth-order valence-corrected chi connectivity index (χ4v) is 5.71. The van der Waals surface area contributed by atoms with Crippen molar-refractivity contribution >= 4 is 17.5 Å². The van der Waals surface area contributed by atoms with Gasteiger partial charge in [0.15, 0.2) is 0 Å². The van der Waals surface area contributed by atoms with E-state index in [-0.39, 0.29) is 5.91 Å². The van der Waals surface area contributed by atoms with E-state index in [1.54, 1.807) is 0 Å². The van der Waals surface area contributed by atoms with Gasteiger partial charge in [0, 0.05) is 5.69 Å². The number of nitrogens with one attached hydrogen (secondary N) is 2. The van der Waals surface area contributed by atoms with Gasteiger partial charge in [0.05, 0.1) is 18.6 Å². The number of carbonyl (C=O) groups is 2. The van der Waals surface area contributed by atoms with Crippen molar-refractivity contribution in [2.45, 2.75) is 96.2 Å². The number of para-hydroxylation sites is 1. The summed E-state index contributed by atoms with van der Waals surface area (Å²) in [5.74, 6) is 0.586. The number of rotatable bonds is 9. The molecule has 1 heterocycles. The predicted molar refractivity (Wildman–Crippen MR) is 143 cm³/mol. The highest BCUT2D eigenvalue weighted by atomic mass is 16.5. The van der Waals surface area contributed by atoms with E-state index >= 15 is 0 Å². The Labute approximate surface area is 215 Å². The number of nitrogens with zero attached hydrogens (tertiary/aromatic N) is 1. The zero-order valence-electron chi connectivity index (χ0n) is 21.7. The number of anilines is 1. The van der Waals surface area contributed by atoms with Gasteiger partial charge in [-0.25, -0.2) is 5.48 Å². The Morgan fingerprint density at radius 1 is 1.03 bits per heavy atom. The van der Waals surface area contributed by atoms with Crippen molar-refractivity contribution in [1.82, 2.24) is 10.8 Å². The maximum atomic E-state index is 13.9. The van der Waals surface area contributed by atoms with Gasteiger partial charge in [0.1, 0.15) is 0 Å². The number of hydrogen-bond donors (Lipinski definition) is 3. The molecule has 36 heavy (non-hydrogen) atoms. The fraction of sp³-hybridized carbons (Fsp3) is 0.533. The maximum Gasteiger partial charge on any atom is 0.260 e. The molecule has 0 aromatic heterocycles. The molecule has 2 atom stereocenters. The Bertz CT molecular complexity index is 1010. The monoisotopic (exact) mass is 491 g/mol. The highest BCUT2D eigenvalue weighted by molar-refractivity contribution is 5.99. The van der Waals surface area contributed by atoms with E-state index < -0.39 is 18.0 Å². The lowest BCUT2D eigenvalue weighted by Crippen LogP contribution is -2.53. The number of amides is 2. The smallest absolute Gasteiger partial charge is 0.260 e. The highest BCUT2D eigenvalue weighted by Crippen LogP contribution is 2.30. The SMILES string of the molecule is CC(C)c1ccc(CN2C(=O)C(N[C@@H](CCC3CCCCC3)C(=O)NO)CCc3ccccc32)cc1. The normalized spacial score (nSPS) is 19.6. The summed E-state index contributed by atoms with van der Waals surface area (Å²) in [4.78, 5) is 28.4. The molecule has 1 aliphatic carbocycles. The lowest BCUT2D eigenvalue weighted by atomic mass is 9.85. The van der Waals surface area contributed by atoms with Crippen LogP contribution in [0.5, 0.6) is 0 Å². The molecule has 2 amide bonds. The van der Waals surface area contributed by atoms with Crippen LogP contribution in [0.3, 0.4) is 0 Å². The van der Waals surface area contributed by atoms with Crippen LogP contribution in [-0.2, 0) is 22.6 Å². The van der Waals surface area contributed by atoms with Crippen LogP contribution in [0.2, 0.25) is 0 Å². The molecule has 0 radical (unpaired) electrons. The van der Waals surface area contributed by atoms with Gasteiger partial charge in [-0.15, -0.1) is 0 Å². The number of fused-ring (bicyclic) bond motifs is 1. The van der Waals surface area contributed by atoms with E-state index in [0.29, 0.717) is 31.2 Å². The molecule has 2 aromatic rings. The number of aryl methyl sites for hydroxylation is 1. The molecule has 1 saturated carbocycles. The number of hydrogen-bond acceptors (Lipinski definition) is 4. The van der Waals surface area contributed by atoms with Crippen LogP contribution in [-0.4, -0.2) is 29.1 Å². The highest BCUT2D eigenvalue weighted by Gasteiger charge is 2.33. The summed E-state index contributed by atoms with van der Waals surface area (Å²) in [6.45, 7) is 4.82. The quantitative estimate of drug-likeness (QED) is 0.320. The van der Waals surface area contributed by atoms with Gasteiger partial charge in [0.2, 0.25) is 5.91 Å². The van der Waals surface area contributed by atoms with Gasteiger partial charge in [-0.05, 0) is 60.3 Å². The summed E-state index contributed by atoms with van der Waals surface area (Å²) in [6.07, 6.45) is 9.10. The summed E-state index contributed by atoms with van der Waals surface area (Å²) in [7, 11) is 0. The van der Waals surface area contributed by atoms with Gasteiger partial charge in [0.25, 0.3) is 5.91 Å². The molecular formula is C30H41N3O3. The van der Waals surface area contributed by atoms with Gasteiger partial charge in [-0.1, -0.05) is 88.4 Å². The van der Waals surface area contributed by atoms with Gasteiger partial charge in [-0.3, -0.25) is 20.1 Å². The van der Waals surface area contributed by atoms with Gasteiger partial charge in [-0.2, -0.15) is 0 Å². The standard InChI is InChI=1S/C30H41N3O3/c1-21(2)24-15-12-23(13-16-24)20-33-28-11-7-6-10-25(28)17-19-27(30(33)35)31-26(29(34)32-36)18-14-22-8-4-3-5-9-22/h6-7,10-13,15-16,21-22,26-27,31,36H,3-5,8-9,14,17-20H2,1-2H3,(H,32,34)/t26-,27?/m0/s1. The summed E-state index contributed by atoms with van der Waals surface area (Å²) < 4.78 is 0. The molecule has 194 valence electrons. The van der Waals surface area contributed by atoms with Crippen molar-refractivity contribution in [2.24, 2.45) is 5.92 Å². The summed E-state index contributed by atoms with van der Waals surface area (Å²) in [6, 6.07) is 15.5. The van der Waals surface area contributed by atoms with Gasteiger partial charge >= 0.3 is 0 Å². The van der Waals surface area contributed by atoms with Crippen LogP contribution in [0.15, 0.2) is 48.5 Å². The van der Waals surface area contributed by atoms with Crippen molar-refractivity contribution in [3.05, 3.63) is 65.2 Å². The zero-order valence-corrected chi connectivity index (χ0v) is 21.7. The first kappa shape index (κ1) is 26.4. The van der Waals surface area contributed by atoms with E-state index in [2.05, 4.69) is 49.5 Å². The molecule has 1 unspecified atom stereocenters. The van der Waals surface area contributed by atoms with Gasteiger partial charge < -0.3 is 4.90 Å². The Morgan fingerprint density at radius 3 is 2.44 bits per heavy atom.